The van der Waals surface area contributed by atoms with Gasteiger partial charge in [-0.3, -0.25) is 4.79 Å². The van der Waals surface area contributed by atoms with E-state index in [0.717, 1.165) is 25.9 Å². The number of likely N-dealkylation sites (tertiary alicyclic amines) is 1. The molecular formula is C17H19ClN2O. The topological polar surface area (TPSA) is 25.2 Å². The molecule has 2 heterocycles. The normalized spacial score (nSPS) is 18.2. The van der Waals surface area contributed by atoms with E-state index >= 15 is 0 Å². The van der Waals surface area contributed by atoms with Crippen molar-refractivity contribution in [2.45, 2.75) is 12.8 Å². The van der Waals surface area contributed by atoms with Crippen molar-refractivity contribution in [2.24, 2.45) is 13.0 Å². The fourth-order valence-electron chi connectivity index (χ4n) is 3.03. The summed E-state index contributed by atoms with van der Waals surface area (Å²) in [5, 5.41) is 0.612. The average molecular weight is 303 g/mol. The maximum atomic E-state index is 12.5. The third-order valence-corrected chi connectivity index (χ3v) is 4.34. The Balaban J connectivity index is 1.64. The molecule has 1 aliphatic rings. The number of carbonyl (C=O) groups excluding carboxylic acids is 1. The summed E-state index contributed by atoms with van der Waals surface area (Å²) >= 11 is 5.96. The van der Waals surface area contributed by atoms with Crippen LogP contribution in [0.2, 0.25) is 5.02 Å². The molecule has 1 atom stereocenters. The molecule has 1 aromatic heterocycles. The van der Waals surface area contributed by atoms with E-state index in [1.807, 2.05) is 18.0 Å². The highest BCUT2D eigenvalue weighted by Crippen LogP contribution is 2.23. The lowest BCUT2D eigenvalue weighted by Gasteiger charge is -2.17. The minimum absolute atomic E-state index is 0.0833. The average Bonchev–Trinajstić information content (AvgIpc) is 3.06. The predicted molar refractivity (Wildman–Crippen MR) is 84.6 cm³/mol. The summed E-state index contributed by atoms with van der Waals surface area (Å²) in [5.41, 5.74) is 2.01. The van der Waals surface area contributed by atoms with Crippen LogP contribution >= 0.6 is 11.6 Å². The van der Waals surface area contributed by atoms with Crippen molar-refractivity contribution in [2.75, 3.05) is 13.1 Å². The molecule has 1 unspecified atom stereocenters. The molecule has 0 spiro atoms. The van der Waals surface area contributed by atoms with E-state index in [9.17, 15) is 4.79 Å². The number of carbonyl (C=O) groups is 1. The smallest absolute Gasteiger partial charge is 0.270 e. The maximum absolute atomic E-state index is 12.5. The standard InChI is InChI=1S/C17H19ClN2O/c1-19-12-15(18)10-16(19)17(21)20-8-7-14(11-20)9-13-5-3-2-4-6-13/h2-6,10,12,14H,7-9,11H2,1H3. The summed E-state index contributed by atoms with van der Waals surface area (Å²) in [7, 11) is 1.86. The zero-order chi connectivity index (χ0) is 14.8. The second-order valence-electron chi connectivity index (χ2n) is 5.75. The molecule has 0 bridgehead atoms. The third kappa shape index (κ3) is 3.13. The Morgan fingerprint density at radius 2 is 2.10 bits per heavy atom. The van der Waals surface area contributed by atoms with E-state index in [4.69, 9.17) is 11.6 Å². The van der Waals surface area contributed by atoms with Gasteiger partial charge >= 0.3 is 0 Å². The quantitative estimate of drug-likeness (QED) is 0.853. The van der Waals surface area contributed by atoms with Crippen LogP contribution in [0.5, 0.6) is 0 Å². The second-order valence-corrected chi connectivity index (χ2v) is 6.19. The fraction of sp³-hybridized carbons (Fsp3) is 0.353. The molecule has 0 saturated carbocycles. The van der Waals surface area contributed by atoms with Crippen LogP contribution in [0.3, 0.4) is 0 Å². The Bertz CT molecular complexity index is 635. The Labute approximate surface area is 130 Å². The van der Waals surface area contributed by atoms with E-state index in [2.05, 4.69) is 24.3 Å². The minimum atomic E-state index is 0.0833. The number of rotatable bonds is 3. The molecule has 2 aromatic rings. The molecule has 21 heavy (non-hydrogen) atoms. The fourth-order valence-corrected chi connectivity index (χ4v) is 3.28. The number of halogens is 1. The van der Waals surface area contributed by atoms with Crippen LogP contribution in [0.4, 0.5) is 0 Å². The van der Waals surface area contributed by atoms with Gasteiger partial charge in [-0.1, -0.05) is 41.9 Å². The molecule has 0 aliphatic carbocycles. The molecule has 0 radical (unpaired) electrons. The summed E-state index contributed by atoms with van der Waals surface area (Å²) in [6.45, 7) is 1.66. The number of hydrogen-bond acceptors (Lipinski definition) is 1. The molecule has 1 aromatic carbocycles. The van der Waals surface area contributed by atoms with Gasteiger partial charge in [-0.15, -0.1) is 0 Å². The van der Waals surface area contributed by atoms with Crippen molar-refractivity contribution in [3.05, 3.63) is 58.9 Å². The lowest BCUT2D eigenvalue weighted by atomic mass is 9.99. The van der Waals surface area contributed by atoms with Crippen molar-refractivity contribution < 1.29 is 4.79 Å². The van der Waals surface area contributed by atoms with Gasteiger partial charge in [0.05, 0.1) is 5.02 Å². The first kappa shape index (κ1) is 14.2. The SMILES string of the molecule is Cn1cc(Cl)cc1C(=O)N1CCC(Cc2ccccc2)C1. The molecule has 110 valence electrons. The van der Waals surface area contributed by atoms with Gasteiger partial charge in [0.2, 0.25) is 0 Å². The van der Waals surface area contributed by atoms with Gasteiger partial charge in [0, 0.05) is 26.3 Å². The summed E-state index contributed by atoms with van der Waals surface area (Å²) in [5.74, 6) is 0.632. The zero-order valence-electron chi connectivity index (χ0n) is 12.1. The Morgan fingerprint density at radius 1 is 1.33 bits per heavy atom. The van der Waals surface area contributed by atoms with Gasteiger partial charge in [0.1, 0.15) is 5.69 Å². The molecule has 1 fully saturated rings. The summed E-state index contributed by atoms with van der Waals surface area (Å²) in [6.07, 6.45) is 3.88. The van der Waals surface area contributed by atoms with Crippen molar-refractivity contribution in [3.63, 3.8) is 0 Å². The number of amides is 1. The van der Waals surface area contributed by atoms with Gasteiger partial charge in [0.15, 0.2) is 0 Å². The Morgan fingerprint density at radius 3 is 2.76 bits per heavy atom. The first-order valence-electron chi connectivity index (χ1n) is 7.28. The first-order valence-corrected chi connectivity index (χ1v) is 7.66. The van der Waals surface area contributed by atoms with Crippen molar-refractivity contribution in [1.82, 2.24) is 9.47 Å². The molecule has 3 rings (SSSR count). The number of nitrogens with zero attached hydrogens (tertiary/aromatic N) is 2. The van der Waals surface area contributed by atoms with E-state index in [1.165, 1.54) is 5.56 Å². The first-order chi connectivity index (χ1) is 10.1. The third-order valence-electron chi connectivity index (χ3n) is 4.13. The van der Waals surface area contributed by atoms with Gasteiger partial charge in [-0.25, -0.2) is 0 Å². The minimum Gasteiger partial charge on any atom is -0.345 e. The Kier molecular flexibility index (Phi) is 4.02. The van der Waals surface area contributed by atoms with Gasteiger partial charge in [-0.05, 0) is 30.4 Å². The van der Waals surface area contributed by atoms with Gasteiger partial charge in [0.25, 0.3) is 5.91 Å². The van der Waals surface area contributed by atoms with Gasteiger partial charge < -0.3 is 9.47 Å². The largest absolute Gasteiger partial charge is 0.345 e. The van der Waals surface area contributed by atoms with E-state index in [-0.39, 0.29) is 5.91 Å². The maximum Gasteiger partial charge on any atom is 0.270 e. The number of hydrogen-bond donors (Lipinski definition) is 0. The lowest BCUT2D eigenvalue weighted by molar-refractivity contribution is 0.0777. The Hall–Kier alpha value is -1.74. The number of aromatic nitrogens is 1. The highest BCUT2D eigenvalue weighted by Gasteiger charge is 2.28. The molecule has 1 aliphatic heterocycles. The van der Waals surface area contributed by atoms with Crippen LogP contribution < -0.4 is 0 Å². The molecular weight excluding hydrogens is 284 g/mol. The van der Waals surface area contributed by atoms with Crippen LogP contribution in [-0.4, -0.2) is 28.5 Å². The van der Waals surface area contributed by atoms with Crippen LogP contribution in [0.1, 0.15) is 22.5 Å². The predicted octanol–water partition coefficient (Wildman–Crippen LogP) is 3.38. The molecule has 1 saturated heterocycles. The molecule has 1 amide bonds. The lowest BCUT2D eigenvalue weighted by Crippen LogP contribution is -2.30. The van der Waals surface area contributed by atoms with E-state index in [0.29, 0.717) is 16.6 Å². The molecule has 3 nitrogen and oxygen atoms in total. The molecule has 0 N–H and O–H groups in total. The van der Waals surface area contributed by atoms with E-state index in [1.54, 1.807) is 16.8 Å². The van der Waals surface area contributed by atoms with Crippen molar-refractivity contribution in [3.8, 4) is 0 Å². The van der Waals surface area contributed by atoms with Crippen molar-refractivity contribution in [1.29, 1.82) is 0 Å². The molecule has 4 heteroatoms. The van der Waals surface area contributed by atoms with Crippen LogP contribution in [0.25, 0.3) is 0 Å². The van der Waals surface area contributed by atoms with Crippen LogP contribution in [0, 0.1) is 5.92 Å². The van der Waals surface area contributed by atoms with Crippen molar-refractivity contribution >= 4 is 17.5 Å². The summed E-state index contributed by atoms with van der Waals surface area (Å²) in [4.78, 5) is 14.5. The van der Waals surface area contributed by atoms with E-state index < -0.39 is 0 Å². The second kappa shape index (κ2) is 5.94. The van der Waals surface area contributed by atoms with Crippen LogP contribution in [-0.2, 0) is 13.5 Å². The number of aryl methyl sites for hydroxylation is 1. The monoisotopic (exact) mass is 302 g/mol. The summed E-state index contributed by atoms with van der Waals surface area (Å²) in [6, 6.07) is 12.2. The highest BCUT2D eigenvalue weighted by atomic mass is 35.5. The van der Waals surface area contributed by atoms with Gasteiger partial charge in [-0.2, -0.15) is 0 Å². The highest BCUT2D eigenvalue weighted by molar-refractivity contribution is 6.31. The summed E-state index contributed by atoms with van der Waals surface area (Å²) < 4.78 is 1.80. The number of benzene rings is 1. The zero-order valence-corrected chi connectivity index (χ0v) is 12.9. The van der Waals surface area contributed by atoms with Crippen LogP contribution in [0.15, 0.2) is 42.6 Å².